The number of likely N-dealkylation sites (tertiary alicyclic amines) is 2. The molecule has 57 heavy (non-hydrogen) atoms. The van der Waals surface area contributed by atoms with E-state index in [4.69, 9.17) is 16.3 Å². The number of carbonyl (C=O) groups is 3. The van der Waals surface area contributed by atoms with Gasteiger partial charge in [-0.05, 0) is 118 Å². The van der Waals surface area contributed by atoms with Crippen molar-refractivity contribution >= 4 is 70.6 Å². The molecule has 4 aromatic rings. The van der Waals surface area contributed by atoms with Gasteiger partial charge in [-0.15, -0.1) is 0 Å². The molecule has 0 spiro atoms. The molecule has 3 aliphatic rings. The summed E-state index contributed by atoms with van der Waals surface area (Å²) < 4.78 is 18.7. The zero-order valence-electron chi connectivity index (χ0n) is 32.6. The predicted octanol–water partition coefficient (Wildman–Crippen LogP) is 6.68. The van der Waals surface area contributed by atoms with Gasteiger partial charge in [0.1, 0.15) is 24.0 Å². The molecule has 7 rings (SSSR count). The van der Waals surface area contributed by atoms with Crippen molar-refractivity contribution in [2.75, 3.05) is 69.1 Å². The van der Waals surface area contributed by atoms with Crippen LogP contribution in [0.25, 0.3) is 0 Å². The number of hydrogen-bond acceptors (Lipinski definition) is 11. The molecule has 13 nitrogen and oxygen atoms in total. The molecule has 1 unspecified atom stereocenters. The Balaban J connectivity index is 0.880. The minimum Gasteiger partial charge on any atom is -0.495 e. The maximum atomic E-state index is 13.4. The average Bonchev–Trinajstić information content (AvgIpc) is 3.21. The van der Waals surface area contributed by atoms with E-state index in [0.717, 1.165) is 50.0 Å². The summed E-state index contributed by atoms with van der Waals surface area (Å²) in [7, 11) is -0.919. The van der Waals surface area contributed by atoms with E-state index >= 15 is 0 Å². The second kappa shape index (κ2) is 17.7. The summed E-state index contributed by atoms with van der Waals surface area (Å²) >= 11 is 6.47. The molecule has 0 bridgehead atoms. The maximum Gasteiger partial charge on any atom is 0.249 e. The molecule has 0 radical (unpaired) electrons. The number of carbonyl (C=O) groups excluding carboxylic acids is 3. The molecule has 1 atom stereocenters. The van der Waals surface area contributed by atoms with Crippen LogP contribution >= 0.6 is 18.7 Å². The molecule has 300 valence electrons. The number of anilines is 5. The van der Waals surface area contributed by atoms with Crippen LogP contribution in [0.2, 0.25) is 5.02 Å². The van der Waals surface area contributed by atoms with Gasteiger partial charge in [0.2, 0.25) is 23.7 Å². The van der Waals surface area contributed by atoms with Crippen LogP contribution < -0.4 is 31.3 Å². The van der Waals surface area contributed by atoms with Gasteiger partial charge in [0.25, 0.3) is 0 Å². The minimum atomic E-state index is -2.55. The predicted molar refractivity (Wildman–Crippen MR) is 225 cm³/mol. The standard InChI is InChI=1S/C42H50ClN8O5P/c1-56-36-24-30(10-13-33(36)47-42-44-25-32(43)40(49-42)46-34-6-4-5-7-37(34)57(2,3)55)29-18-22-51(23-19-29)39(53)26-50-20-16-28(17-21-50)27-8-11-31(12-9-27)45-35-14-15-38(52)48-41(35)54/h4-13,24-25,28-29,35,45H,14-23,26H2,1-3H3,(H,48,52,54)(H2,44,46,47,49). The van der Waals surface area contributed by atoms with Crippen molar-refractivity contribution < 1.29 is 23.7 Å². The van der Waals surface area contributed by atoms with E-state index in [-0.39, 0.29) is 17.7 Å². The highest BCUT2D eigenvalue weighted by atomic mass is 35.5. The molecule has 3 aliphatic heterocycles. The monoisotopic (exact) mass is 812 g/mol. The van der Waals surface area contributed by atoms with Crippen LogP contribution in [0.5, 0.6) is 5.75 Å². The molecular formula is C42H50ClN8O5P. The highest BCUT2D eigenvalue weighted by molar-refractivity contribution is 7.70. The molecule has 4 heterocycles. The lowest BCUT2D eigenvalue weighted by atomic mass is 9.88. The van der Waals surface area contributed by atoms with Crippen LogP contribution in [0.15, 0.2) is 72.9 Å². The molecule has 3 amide bonds. The van der Waals surface area contributed by atoms with Crippen LogP contribution in [0.4, 0.5) is 28.8 Å². The Labute approximate surface area is 338 Å². The third kappa shape index (κ3) is 9.95. The van der Waals surface area contributed by atoms with Gasteiger partial charge in [-0.1, -0.05) is 41.9 Å². The number of aromatic nitrogens is 2. The van der Waals surface area contributed by atoms with Crippen molar-refractivity contribution in [3.05, 3.63) is 89.1 Å². The summed E-state index contributed by atoms with van der Waals surface area (Å²) in [6, 6.07) is 21.4. The summed E-state index contributed by atoms with van der Waals surface area (Å²) in [6.45, 7) is 7.06. The van der Waals surface area contributed by atoms with Gasteiger partial charge in [-0.25, -0.2) is 4.98 Å². The van der Waals surface area contributed by atoms with Crippen molar-refractivity contribution in [3.63, 3.8) is 0 Å². The smallest absolute Gasteiger partial charge is 0.249 e. The second-order valence-corrected chi connectivity index (χ2v) is 19.0. The Morgan fingerprint density at radius 2 is 1.58 bits per heavy atom. The molecule has 3 fully saturated rings. The van der Waals surface area contributed by atoms with E-state index in [1.54, 1.807) is 20.4 Å². The number of methoxy groups -OCH3 is 1. The largest absolute Gasteiger partial charge is 0.495 e. The number of imide groups is 1. The average molecular weight is 813 g/mol. The van der Waals surface area contributed by atoms with Crippen molar-refractivity contribution in [1.82, 2.24) is 25.1 Å². The Hall–Kier alpha value is -4.97. The lowest BCUT2D eigenvalue weighted by Crippen LogP contribution is -2.47. The molecular weight excluding hydrogens is 763 g/mol. The highest BCUT2D eigenvalue weighted by Crippen LogP contribution is 2.39. The normalized spacial score (nSPS) is 18.5. The van der Waals surface area contributed by atoms with Crippen molar-refractivity contribution in [2.45, 2.75) is 56.4 Å². The van der Waals surface area contributed by atoms with E-state index in [1.807, 2.05) is 53.4 Å². The third-order valence-electron chi connectivity index (χ3n) is 11.2. The zero-order chi connectivity index (χ0) is 40.1. The summed E-state index contributed by atoms with van der Waals surface area (Å²) in [5.41, 5.74) is 4.67. The van der Waals surface area contributed by atoms with Crippen LogP contribution in [0, 0.1) is 0 Å². The van der Waals surface area contributed by atoms with Crippen molar-refractivity contribution in [2.24, 2.45) is 0 Å². The topological polar surface area (TPSA) is 158 Å². The third-order valence-corrected chi connectivity index (χ3v) is 13.0. The fourth-order valence-corrected chi connectivity index (χ4v) is 9.23. The van der Waals surface area contributed by atoms with Gasteiger partial charge in [-0.3, -0.25) is 24.6 Å². The number of para-hydroxylation sites is 1. The van der Waals surface area contributed by atoms with Crippen LogP contribution in [-0.2, 0) is 18.9 Å². The number of nitrogens with one attached hydrogen (secondary N) is 4. The quantitative estimate of drug-likeness (QED) is 0.0894. The van der Waals surface area contributed by atoms with E-state index in [2.05, 4.69) is 54.3 Å². The number of halogens is 1. The van der Waals surface area contributed by atoms with E-state index < -0.39 is 13.2 Å². The number of hydrogen-bond donors (Lipinski definition) is 4. The number of ether oxygens (including phenoxy) is 1. The minimum absolute atomic E-state index is 0.187. The maximum absolute atomic E-state index is 13.4. The number of benzene rings is 3. The summed E-state index contributed by atoms with van der Waals surface area (Å²) in [5.74, 6) is 1.80. The second-order valence-electron chi connectivity index (χ2n) is 15.4. The van der Waals surface area contributed by atoms with E-state index in [0.29, 0.717) is 83.5 Å². The summed E-state index contributed by atoms with van der Waals surface area (Å²) in [4.78, 5) is 50.2. The first-order chi connectivity index (χ1) is 27.4. The van der Waals surface area contributed by atoms with E-state index in [1.165, 1.54) is 11.8 Å². The van der Waals surface area contributed by atoms with Crippen LogP contribution in [0.3, 0.4) is 0 Å². The number of amides is 3. The van der Waals surface area contributed by atoms with Crippen LogP contribution in [-0.4, -0.2) is 96.7 Å². The van der Waals surface area contributed by atoms with Gasteiger partial charge < -0.3 is 30.2 Å². The van der Waals surface area contributed by atoms with Gasteiger partial charge in [0.05, 0.1) is 31.2 Å². The molecule has 3 aromatic carbocycles. The Morgan fingerprint density at radius 3 is 2.28 bits per heavy atom. The number of piperidine rings is 3. The first-order valence-corrected chi connectivity index (χ1v) is 22.5. The van der Waals surface area contributed by atoms with E-state index in [9.17, 15) is 18.9 Å². The lowest BCUT2D eigenvalue weighted by Gasteiger charge is -2.36. The summed E-state index contributed by atoms with van der Waals surface area (Å²) in [5, 5.41) is 13.2. The first kappa shape index (κ1) is 40.2. The van der Waals surface area contributed by atoms with Gasteiger partial charge >= 0.3 is 0 Å². The SMILES string of the molecule is COc1cc(C2CCN(C(=O)CN3CCC(c4ccc(NC5CCC(=O)NC5=O)cc4)CC3)CC2)ccc1Nc1ncc(Cl)c(Nc2ccccc2P(C)(C)=O)n1. The van der Waals surface area contributed by atoms with Crippen molar-refractivity contribution in [1.29, 1.82) is 0 Å². The molecule has 1 aromatic heterocycles. The number of rotatable bonds is 12. The Kier molecular flexibility index (Phi) is 12.5. The molecule has 0 aliphatic carbocycles. The fraction of sp³-hybridized carbons (Fsp3) is 0.405. The van der Waals surface area contributed by atoms with Gasteiger partial charge in [0.15, 0.2) is 5.82 Å². The molecule has 3 saturated heterocycles. The Morgan fingerprint density at radius 1 is 0.895 bits per heavy atom. The first-order valence-electron chi connectivity index (χ1n) is 19.5. The van der Waals surface area contributed by atoms with Crippen molar-refractivity contribution in [3.8, 4) is 5.75 Å². The summed E-state index contributed by atoms with van der Waals surface area (Å²) in [6.07, 6.45) is 6.08. The Bertz CT molecular complexity index is 2150. The van der Waals surface area contributed by atoms with Crippen LogP contribution in [0.1, 0.15) is 61.5 Å². The molecule has 0 saturated carbocycles. The number of nitrogens with zero attached hydrogens (tertiary/aromatic N) is 4. The highest BCUT2D eigenvalue weighted by Gasteiger charge is 2.29. The molecule has 15 heteroatoms. The zero-order valence-corrected chi connectivity index (χ0v) is 34.2. The van der Waals surface area contributed by atoms with Gasteiger partial charge in [-0.2, -0.15) is 4.98 Å². The lowest BCUT2D eigenvalue weighted by molar-refractivity contribution is -0.134. The van der Waals surface area contributed by atoms with Gasteiger partial charge in [0, 0.05) is 30.5 Å². The molecule has 4 N–H and O–H groups in total. The fourth-order valence-electron chi connectivity index (χ4n) is 7.94.